The second-order valence-corrected chi connectivity index (χ2v) is 15.5. The number of esters is 1. The molecule has 5 atom stereocenters. The summed E-state index contributed by atoms with van der Waals surface area (Å²) in [7, 11) is 0. The molecule has 5 unspecified atom stereocenters. The lowest BCUT2D eigenvalue weighted by Crippen LogP contribution is -2.56. The molecule has 50 heavy (non-hydrogen) atoms. The highest BCUT2D eigenvalue weighted by Crippen LogP contribution is 2.41. The normalized spacial score (nSPS) is 17.5. The topological polar surface area (TPSA) is 114 Å². The van der Waals surface area contributed by atoms with Crippen LogP contribution in [0.4, 0.5) is 4.79 Å². The van der Waals surface area contributed by atoms with Crippen LogP contribution < -0.4 is 10.6 Å². The van der Waals surface area contributed by atoms with E-state index in [4.69, 9.17) is 9.47 Å². The number of rotatable bonds is 12. The molecule has 2 N–H and O–H groups in total. The molecule has 0 saturated heterocycles. The lowest BCUT2D eigenvalue weighted by atomic mass is 9.94. The third kappa shape index (κ3) is 10.9. The molecule has 3 amide bonds. The number of hydrogen-bond donors (Lipinski definition) is 2. The Balaban J connectivity index is 1.80. The van der Waals surface area contributed by atoms with Gasteiger partial charge in [0, 0.05) is 18.9 Å². The SMILES string of the molecule is Cc1ccc(C)c(C(C(=O)NC(Cc2ccccc2)C(=O)OC(C)(C)C)N(C(=O)C(Cc2ccccc2)NC(=O)OC(C)(C)C)C2CC2C)c1. The monoisotopic (exact) mass is 683 g/mol. The molecule has 0 aromatic heterocycles. The van der Waals surface area contributed by atoms with Gasteiger partial charge in [0.15, 0.2) is 0 Å². The summed E-state index contributed by atoms with van der Waals surface area (Å²) in [5, 5.41) is 5.84. The Kier molecular flexibility index (Phi) is 12.1. The van der Waals surface area contributed by atoms with Crippen LogP contribution >= 0.6 is 0 Å². The summed E-state index contributed by atoms with van der Waals surface area (Å²) in [5.41, 5.74) is 2.50. The number of carbonyl (C=O) groups is 4. The first-order valence-electron chi connectivity index (χ1n) is 17.4. The van der Waals surface area contributed by atoms with Crippen LogP contribution in [-0.2, 0) is 36.7 Å². The first-order chi connectivity index (χ1) is 23.4. The molecular weight excluding hydrogens is 630 g/mol. The number of aryl methyl sites for hydroxylation is 2. The molecule has 1 aliphatic rings. The fourth-order valence-electron chi connectivity index (χ4n) is 5.99. The van der Waals surface area contributed by atoms with Crippen LogP contribution in [0, 0.1) is 19.8 Å². The average Bonchev–Trinajstić information content (AvgIpc) is 3.74. The number of carbonyl (C=O) groups excluding carboxylic acids is 4. The summed E-state index contributed by atoms with van der Waals surface area (Å²) in [5.74, 6) is -1.37. The molecular formula is C41H53N3O6. The minimum atomic E-state index is -1.10. The Morgan fingerprint density at radius 2 is 1.28 bits per heavy atom. The minimum Gasteiger partial charge on any atom is -0.458 e. The Morgan fingerprint density at radius 3 is 1.78 bits per heavy atom. The van der Waals surface area contributed by atoms with E-state index in [0.717, 1.165) is 22.3 Å². The number of benzene rings is 3. The van der Waals surface area contributed by atoms with Crippen molar-refractivity contribution in [3.05, 3.63) is 107 Å². The number of nitrogens with one attached hydrogen (secondary N) is 2. The molecule has 1 fully saturated rings. The van der Waals surface area contributed by atoms with Gasteiger partial charge in [-0.15, -0.1) is 0 Å². The molecule has 4 rings (SSSR count). The van der Waals surface area contributed by atoms with Gasteiger partial charge in [-0.3, -0.25) is 9.59 Å². The van der Waals surface area contributed by atoms with E-state index in [0.29, 0.717) is 12.0 Å². The molecule has 268 valence electrons. The lowest BCUT2D eigenvalue weighted by Gasteiger charge is -2.36. The third-order valence-corrected chi connectivity index (χ3v) is 8.50. The fourth-order valence-corrected chi connectivity index (χ4v) is 5.99. The van der Waals surface area contributed by atoms with Crippen LogP contribution in [-0.4, -0.2) is 58.1 Å². The van der Waals surface area contributed by atoms with Crippen molar-refractivity contribution >= 4 is 23.9 Å². The van der Waals surface area contributed by atoms with E-state index in [9.17, 15) is 19.2 Å². The summed E-state index contributed by atoms with van der Waals surface area (Å²) in [6.07, 6.45) is 0.346. The van der Waals surface area contributed by atoms with E-state index in [1.54, 1.807) is 46.4 Å². The molecule has 1 aliphatic carbocycles. The Morgan fingerprint density at radius 1 is 0.760 bits per heavy atom. The molecule has 0 radical (unpaired) electrons. The number of ether oxygens (including phenoxy) is 2. The standard InChI is InChI=1S/C41H53N3O6/c1-26-20-21-27(2)31(22-26)35(36(45)42-33(38(47)49-40(4,5)6)25-30-18-14-11-15-19-30)44(34-23-28(34)3)37(46)32(24-29-16-12-10-13-17-29)43-39(48)50-41(7,8)9/h10-22,28,32-35H,23-25H2,1-9H3,(H,42,45)(H,43,48). The van der Waals surface area contributed by atoms with E-state index in [-0.39, 0.29) is 24.8 Å². The molecule has 0 aliphatic heterocycles. The van der Waals surface area contributed by atoms with E-state index in [1.807, 2.05) is 99.6 Å². The van der Waals surface area contributed by atoms with E-state index in [1.165, 1.54) is 0 Å². The number of nitrogens with zero attached hydrogens (tertiary/aromatic N) is 1. The molecule has 9 nitrogen and oxygen atoms in total. The first-order valence-corrected chi connectivity index (χ1v) is 17.4. The van der Waals surface area contributed by atoms with Crippen LogP contribution in [0.15, 0.2) is 78.9 Å². The summed E-state index contributed by atoms with van der Waals surface area (Å²) in [6.45, 7) is 16.5. The van der Waals surface area contributed by atoms with Gasteiger partial charge in [0.25, 0.3) is 0 Å². The van der Waals surface area contributed by atoms with Gasteiger partial charge in [0.05, 0.1) is 0 Å². The first kappa shape index (κ1) is 38.1. The lowest BCUT2D eigenvalue weighted by molar-refractivity contribution is -0.159. The summed E-state index contributed by atoms with van der Waals surface area (Å²) < 4.78 is 11.4. The number of alkyl carbamates (subject to hydrolysis) is 1. The zero-order valence-corrected chi connectivity index (χ0v) is 30.9. The van der Waals surface area contributed by atoms with Crippen molar-refractivity contribution in [3.63, 3.8) is 0 Å². The molecule has 0 spiro atoms. The van der Waals surface area contributed by atoms with Crippen molar-refractivity contribution < 1.29 is 28.7 Å². The van der Waals surface area contributed by atoms with E-state index in [2.05, 4.69) is 10.6 Å². The van der Waals surface area contributed by atoms with Crippen molar-refractivity contribution in [1.82, 2.24) is 15.5 Å². The average molecular weight is 684 g/mol. The van der Waals surface area contributed by atoms with Crippen molar-refractivity contribution in [2.24, 2.45) is 5.92 Å². The Labute approximate surface area is 297 Å². The third-order valence-electron chi connectivity index (χ3n) is 8.50. The van der Waals surface area contributed by atoms with Gasteiger partial charge >= 0.3 is 12.1 Å². The van der Waals surface area contributed by atoms with Gasteiger partial charge in [-0.25, -0.2) is 9.59 Å². The van der Waals surface area contributed by atoms with E-state index < -0.39 is 53.2 Å². The smallest absolute Gasteiger partial charge is 0.408 e. The zero-order valence-electron chi connectivity index (χ0n) is 30.9. The predicted molar refractivity (Wildman–Crippen MR) is 194 cm³/mol. The highest BCUT2D eigenvalue weighted by Gasteiger charge is 2.49. The zero-order chi connectivity index (χ0) is 36.8. The molecule has 0 bridgehead atoms. The molecule has 0 heterocycles. The Bertz CT molecular complexity index is 1640. The summed E-state index contributed by atoms with van der Waals surface area (Å²) >= 11 is 0. The van der Waals surface area contributed by atoms with Gasteiger partial charge in [-0.1, -0.05) is 91.3 Å². The number of amides is 3. The highest BCUT2D eigenvalue weighted by atomic mass is 16.6. The highest BCUT2D eigenvalue weighted by molar-refractivity contribution is 5.94. The van der Waals surface area contributed by atoms with Crippen LogP contribution in [0.3, 0.4) is 0 Å². The molecule has 3 aromatic rings. The Hall–Kier alpha value is -4.66. The second-order valence-electron chi connectivity index (χ2n) is 15.5. The maximum atomic E-state index is 15.0. The van der Waals surface area contributed by atoms with Crippen LogP contribution in [0.2, 0.25) is 0 Å². The van der Waals surface area contributed by atoms with Crippen LogP contribution in [0.5, 0.6) is 0 Å². The van der Waals surface area contributed by atoms with Gasteiger partial charge < -0.3 is 25.0 Å². The second kappa shape index (κ2) is 15.9. The van der Waals surface area contributed by atoms with Gasteiger partial charge in [-0.05, 0) is 90.0 Å². The quantitative estimate of drug-likeness (QED) is 0.203. The number of hydrogen-bond acceptors (Lipinski definition) is 6. The van der Waals surface area contributed by atoms with Crippen molar-refractivity contribution in [1.29, 1.82) is 0 Å². The maximum absolute atomic E-state index is 15.0. The van der Waals surface area contributed by atoms with Gasteiger partial charge in [-0.2, -0.15) is 0 Å². The van der Waals surface area contributed by atoms with Crippen molar-refractivity contribution in [2.75, 3.05) is 0 Å². The molecule has 3 aromatic carbocycles. The molecule has 9 heteroatoms. The fraction of sp³-hybridized carbons (Fsp3) is 0.463. The summed E-state index contributed by atoms with van der Waals surface area (Å²) in [4.78, 5) is 58.3. The van der Waals surface area contributed by atoms with Crippen LogP contribution in [0.25, 0.3) is 0 Å². The van der Waals surface area contributed by atoms with Gasteiger partial charge in [0.2, 0.25) is 11.8 Å². The largest absolute Gasteiger partial charge is 0.458 e. The summed E-state index contributed by atoms with van der Waals surface area (Å²) in [6, 6.07) is 21.2. The predicted octanol–water partition coefficient (Wildman–Crippen LogP) is 6.79. The van der Waals surface area contributed by atoms with Gasteiger partial charge in [0.1, 0.15) is 29.3 Å². The molecule has 1 saturated carbocycles. The minimum absolute atomic E-state index is 0.115. The van der Waals surface area contributed by atoms with Crippen molar-refractivity contribution in [3.8, 4) is 0 Å². The van der Waals surface area contributed by atoms with Crippen LogP contribution in [0.1, 0.15) is 88.7 Å². The van der Waals surface area contributed by atoms with E-state index >= 15 is 0 Å². The maximum Gasteiger partial charge on any atom is 0.408 e. The van der Waals surface area contributed by atoms with Crippen molar-refractivity contribution in [2.45, 2.75) is 117 Å².